The van der Waals surface area contributed by atoms with Gasteiger partial charge in [-0.15, -0.1) is 0 Å². The minimum absolute atomic E-state index is 0.0148. The Kier molecular flexibility index (Phi) is 9.73. The number of esters is 2. The first-order chi connectivity index (χ1) is 11.5. The molecule has 0 aromatic heterocycles. The van der Waals surface area contributed by atoms with Gasteiger partial charge in [0.25, 0.3) is 0 Å². The normalized spacial score (nSPS) is 15.5. The largest absolute Gasteiger partial charge is 0.465 e. The highest BCUT2D eigenvalue weighted by molar-refractivity contribution is 5.96. The van der Waals surface area contributed by atoms with E-state index in [1.165, 1.54) is 0 Å². The van der Waals surface area contributed by atoms with Gasteiger partial charge in [0.2, 0.25) is 0 Å². The first-order valence-electron chi connectivity index (χ1n) is 9.58. The number of allylic oxidation sites excluding steroid dienone is 1. The molecule has 0 heterocycles. The van der Waals surface area contributed by atoms with E-state index in [-0.39, 0.29) is 17.9 Å². The van der Waals surface area contributed by atoms with Gasteiger partial charge in [-0.1, -0.05) is 46.1 Å². The predicted molar refractivity (Wildman–Crippen MR) is 95.6 cm³/mol. The Morgan fingerprint density at radius 1 is 0.958 bits per heavy atom. The van der Waals surface area contributed by atoms with Crippen LogP contribution in [0.3, 0.4) is 0 Å². The Balaban J connectivity index is 2.97. The lowest BCUT2D eigenvalue weighted by atomic mass is 9.84. The summed E-state index contributed by atoms with van der Waals surface area (Å²) in [5.41, 5.74) is 1.68. The van der Waals surface area contributed by atoms with E-state index in [4.69, 9.17) is 9.47 Å². The van der Waals surface area contributed by atoms with Gasteiger partial charge < -0.3 is 9.47 Å². The molecule has 1 saturated carbocycles. The van der Waals surface area contributed by atoms with Crippen molar-refractivity contribution in [2.75, 3.05) is 13.2 Å². The number of carbonyl (C=O) groups excluding carboxylic acids is 2. The van der Waals surface area contributed by atoms with Gasteiger partial charge in [-0.25, -0.2) is 4.79 Å². The molecule has 1 unspecified atom stereocenters. The first kappa shape index (κ1) is 20.7. The van der Waals surface area contributed by atoms with Crippen molar-refractivity contribution in [3.63, 3.8) is 0 Å². The zero-order chi connectivity index (χ0) is 17.9. The molecular weight excluding hydrogens is 304 g/mol. The van der Waals surface area contributed by atoms with Gasteiger partial charge in [0, 0.05) is 0 Å². The summed E-state index contributed by atoms with van der Waals surface area (Å²) in [5.74, 6) is -1.09. The molecule has 0 N–H and O–H groups in total. The van der Waals surface area contributed by atoms with Crippen LogP contribution in [0.25, 0.3) is 0 Å². The van der Waals surface area contributed by atoms with Gasteiger partial charge in [-0.3, -0.25) is 4.79 Å². The molecule has 1 rings (SSSR count). The predicted octanol–water partition coefficient (Wildman–Crippen LogP) is 4.82. The van der Waals surface area contributed by atoms with E-state index in [9.17, 15) is 9.59 Å². The van der Waals surface area contributed by atoms with Crippen molar-refractivity contribution in [2.24, 2.45) is 11.8 Å². The van der Waals surface area contributed by atoms with Crippen LogP contribution in [0.15, 0.2) is 11.1 Å². The molecule has 24 heavy (non-hydrogen) atoms. The topological polar surface area (TPSA) is 52.6 Å². The van der Waals surface area contributed by atoms with Crippen molar-refractivity contribution < 1.29 is 19.1 Å². The Morgan fingerprint density at radius 2 is 1.50 bits per heavy atom. The molecule has 0 saturated heterocycles. The molecule has 0 aliphatic heterocycles. The number of hydrogen-bond acceptors (Lipinski definition) is 4. The first-order valence-corrected chi connectivity index (χ1v) is 9.58. The SMILES string of the molecule is CCCCOC(=O)C(=C1CCCC1)C(C(=O)OCCCC)C(C)C. The van der Waals surface area contributed by atoms with Gasteiger partial charge in [0.05, 0.1) is 24.7 Å². The molecule has 0 bridgehead atoms. The zero-order valence-corrected chi connectivity index (χ0v) is 15.9. The molecule has 1 aliphatic carbocycles. The van der Waals surface area contributed by atoms with Crippen LogP contribution in [-0.2, 0) is 19.1 Å². The highest BCUT2D eigenvalue weighted by Gasteiger charge is 2.35. The average Bonchev–Trinajstić information content (AvgIpc) is 3.06. The van der Waals surface area contributed by atoms with E-state index >= 15 is 0 Å². The quantitative estimate of drug-likeness (QED) is 0.326. The summed E-state index contributed by atoms with van der Waals surface area (Å²) in [6.45, 7) is 8.91. The molecule has 0 aromatic carbocycles. The third-order valence-electron chi connectivity index (χ3n) is 4.51. The molecule has 0 amide bonds. The van der Waals surface area contributed by atoms with Gasteiger partial charge in [0.15, 0.2) is 0 Å². The molecule has 4 nitrogen and oxygen atoms in total. The van der Waals surface area contributed by atoms with Crippen LogP contribution in [0, 0.1) is 11.8 Å². The van der Waals surface area contributed by atoms with Crippen molar-refractivity contribution in [3.8, 4) is 0 Å². The van der Waals surface area contributed by atoms with E-state index in [0.717, 1.165) is 56.9 Å². The number of rotatable bonds is 10. The molecule has 0 spiro atoms. The number of hydrogen-bond donors (Lipinski definition) is 0. The highest BCUT2D eigenvalue weighted by atomic mass is 16.5. The van der Waals surface area contributed by atoms with Gasteiger partial charge in [0.1, 0.15) is 0 Å². The average molecular weight is 338 g/mol. The smallest absolute Gasteiger partial charge is 0.334 e. The van der Waals surface area contributed by atoms with Gasteiger partial charge >= 0.3 is 11.9 Å². The summed E-state index contributed by atoms with van der Waals surface area (Å²) < 4.78 is 10.9. The van der Waals surface area contributed by atoms with E-state index in [1.54, 1.807) is 0 Å². The van der Waals surface area contributed by atoms with E-state index < -0.39 is 5.92 Å². The van der Waals surface area contributed by atoms with Crippen LogP contribution in [0.4, 0.5) is 0 Å². The highest BCUT2D eigenvalue weighted by Crippen LogP contribution is 2.34. The summed E-state index contributed by atoms with van der Waals surface area (Å²) in [6.07, 6.45) is 7.60. The third kappa shape index (κ3) is 6.29. The van der Waals surface area contributed by atoms with Crippen molar-refractivity contribution in [1.82, 2.24) is 0 Å². The number of unbranched alkanes of at least 4 members (excludes halogenated alkanes) is 2. The second-order valence-corrected chi connectivity index (χ2v) is 6.96. The molecule has 4 heteroatoms. The summed E-state index contributed by atoms with van der Waals surface area (Å²) >= 11 is 0. The van der Waals surface area contributed by atoms with E-state index in [1.807, 2.05) is 13.8 Å². The minimum Gasteiger partial charge on any atom is -0.465 e. The van der Waals surface area contributed by atoms with Crippen LogP contribution in [0.5, 0.6) is 0 Å². The van der Waals surface area contributed by atoms with E-state index in [2.05, 4.69) is 13.8 Å². The Morgan fingerprint density at radius 3 is 2.00 bits per heavy atom. The summed E-state index contributed by atoms with van der Waals surface area (Å²) in [7, 11) is 0. The van der Waals surface area contributed by atoms with Crippen LogP contribution in [-0.4, -0.2) is 25.2 Å². The molecule has 0 radical (unpaired) electrons. The third-order valence-corrected chi connectivity index (χ3v) is 4.51. The molecule has 138 valence electrons. The maximum atomic E-state index is 12.7. The van der Waals surface area contributed by atoms with Crippen molar-refractivity contribution in [2.45, 2.75) is 79.1 Å². The summed E-state index contributed by atoms with van der Waals surface area (Å²) in [6, 6.07) is 0. The Hall–Kier alpha value is -1.32. The monoisotopic (exact) mass is 338 g/mol. The van der Waals surface area contributed by atoms with E-state index in [0.29, 0.717) is 18.8 Å². The Labute approximate surface area is 147 Å². The summed E-state index contributed by atoms with van der Waals surface area (Å²) in [4.78, 5) is 25.3. The summed E-state index contributed by atoms with van der Waals surface area (Å²) in [5, 5.41) is 0. The molecule has 1 aliphatic rings. The standard InChI is InChI=1S/C20H34O4/c1-5-7-13-23-19(21)17(15(3)4)18(16-11-9-10-12-16)20(22)24-14-8-6-2/h15,17H,5-14H2,1-4H3. The zero-order valence-electron chi connectivity index (χ0n) is 15.9. The number of ether oxygens (including phenoxy) is 2. The molecule has 1 fully saturated rings. The molecular formula is C20H34O4. The fraction of sp³-hybridized carbons (Fsp3) is 0.800. The number of carbonyl (C=O) groups is 2. The van der Waals surface area contributed by atoms with Crippen molar-refractivity contribution in [3.05, 3.63) is 11.1 Å². The lowest BCUT2D eigenvalue weighted by Gasteiger charge is -2.23. The fourth-order valence-corrected chi connectivity index (χ4v) is 3.08. The van der Waals surface area contributed by atoms with Crippen LogP contribution >= 0.6 is 0 Å². The van der Waals surface area contributed by atoms with Crippen LogP contribution in [0.1, 0.15) is 79.1 Å². The molecule has 1 atom stereocenters. The second kappa shape index (κ2) is 11.3. The lowest BCUT2D eigenvalue weighted by Crippen LogP contribution is -2.30. The maximum Gasteiger partial charge on any atom is 0.334 e. The van der Waals surface area contributed by atoms with Gasteiger partial charge in [-0.05, 0) is 44.4 Å². The van der Waals surface area contributed by atoms with Crippen molar-refractivity contribution in [1.29, 1.82) is 0 Å². The minimum atomic E-state index is -0.510. The van der Waals surface area contributed by atoms with Crippen molar-refractivity contribution >= 4 is 11.9 Å². The molecule has 0 aromatic rings. The van der Waals surface area contributed by atoms with Crippen LogP contribution in [0.2, 0.25) is 0 Å². The lowest BCUT2D eigenvalue weighted by molar-refractivity contribution is -0.152. The fourth-order valence-electron chi connectivity index (χ4n) is 3.08. The second-order valence-electron chi connectivity index (χ2n) is 6.96. The Bertz CT molecular complexity index is 429. The van der Waals surface area contributed by atoms with Gasteiger partial charge in [-0.2, -0.15) is 0 Å². The maximum absolute atomic E-state index is 12.7. The van der Waals surface area contributed by atoms with Crippen LogP contribution < -0.4 is 0 Å².